The number of carbonyl (C=O) groups excluding carboxylic acids is 4. The van der Waals surface area contributed by atoms with Crippen LogP contribution in [-0.2, 0) is 19.1 Å². The number of aromatic nitrogens is 2. The second-order valence-corrected chi connectivity index (χ2v) is 8.79. The van der Waals surface area contributed by atoms with Crippen molar-refractivity contribution in [1.82, 2.24) is 9.97 Å². The molecule has 1 fully saturated rings. The number of thiazole rings is 1. The highest BCUT2D eigenvalue weighted by Crippen LogP contribution is 2.44. The van der Waals surface area contributed by atoms with Gasteiger partial charge in [-0.05, 0) is 36.8 Å². The standard InChI is InChI=1S/C26H21N3O7S/c1-4-13-36-25(34)22-14(2)28-26(37-22)29-19(15-5-7-17(8-6-15)24(33)35-3)18(21(31)23(29)32)20(30)16-9-11-27-12-10-16/h4-12,19,30H,1,13H2,2-3H3/b20-18+. The van der Waals surface area contributed by atoms with Crippen molar-refractivity contribution in [2.24, 2.45) is 0 Å². The molecule has 1 saturated heterocycles. The molecule has 1 N–H and O–H groups in total. The van der Waals surface area contributed by atoms with Gasteiger partial charge in [-0.1, -0.05) is 36.1 Å². The number of ether oxygens (including phenoxy) is 2. The highest BCUT2D eigenvalue weighted by molar-refractivity contribution is 7.17. The van der Waals surface area contributed by atoms with Gasteiger partial charge in [-0.3, -0.25) is 19.5 Å². The van der Waals surface area contributed by atoms with Crippen molar-refractivity contribution in [3.05, 3.63) is 94.3 Å². The van der Waals surface area contributed by atoms with Crippen LogP contribution in [0.2, 0.25) is 0 Å². The monoisotopic (exact) mass is 519 g/mol. The topological polar surface area (TPSA) is 136 Å². The average Bonchev–Trinajstić information content (AvgIpc) is 3.43. The Labute approximate surface area is 215 Å². The molecule has 188 valence electrons. The molecule has 0 radical (unpaired) electrons. The Hall–Kier alpha value is -4.64. The molecule has 1 amide bonds. The maximum Gasteiger partial charge on any atom is 0.350 e. The van der Waals surface area contributed by atoms with Crippen LogP contribution in [0.1, 0.15) is 42.9 Å². The van der Waals surface area contributed by atoms with Crippen LogP contribution in [0.4, 0.5) is 5.13 Å². The van der Waals surface area contributed by atoms with Crippen LogP contribution in [-0.4, -0.2) is 52.4 Å². The van der Waals surface area contributed by atoms with E-state index in [0.717, 1.165) is 16.2 Å². The van der Waals surface area contributed by atoms with E-state index in [-0.39, 0.29) is 33.3 Å². The summed E-state index contributed by atoms with van der Waals surface area (Å²) >= 11 is 0.885. The minimum absolute atomic E-state index is 0.00546. The van der Waals surface area contributed by atoms with Gasteiger partial charge in [0.15, 0.2) is 5.13 Å². The smallest absolute Gasteiger partial charge is 0.350 e. The van der Waals surface area contributed by atoms with Gasteiger partial charge >= 0.3 is 17.8 Å². The number of ketones is 1. The molecule has 3 heterocycles. The zero-order valence-electron chi connectivity index (χ0n) is 19.8. The number of aliphatic hydroxyl groups excluding tert-OH is 1. The Kier molecular flexibility index (Phi) is 7.25. The largest absolute Gasteiger partial charge is 0.507 e. The molecule has 1 aromatic carbocycles. The van der Waals surface area contributed by atoms with Crippen LogP contribution in [0, 0.1) is 6.92 Å². The first kappa shape index (κ1) is 25.5. The number of anilines is 1. The van der Waals surface area contributed by atoms with Crippen molar-refractivity contribution in [3.63, 3.8) is 0 Å². The Morgan fingerprint density at radius 2 is 1.78 bits per heavy atom. The quantitative estimate of drug-likeness (QED) is 0.163. The first-order chi connectivity index (χ1) is 17.8. The number of hydrogen-bond donors (Lipinski definition) is 1. The van der Waals surface area contributed by atoms with E-state index < -0.39 is 35.4 Å². The van der Waals surface area contributed by atoms with E-state index in [2.05, 4.69) is 16.5 Å². The Balaban J connectivity index is 1.87. The summed E-state index contributed by atoms with van der Waals surface area (Å²) in [6.07, 6.45) is 4.30. The summed E-state index contributed by atoms with van der Waals surface area (Å²) in [6, 6.07) is 7.98. The van der Waals surface area contributed by atoms with Crippen molar-refractivity contribution in [3.8, 4) is 0 Å². The zero-order valence-corrected chi connectivity index (χ0v) is 20.7. The van der Waals surface area contributed by atoms with Crippen LogP contribution in [0.15, 0.2) is 67.0 Å². The fourth-order valence-corrected chi connectivity index (χ4v) is 4.79. The highest BCUT2D eigenvalue weighted by atomic mass is 32.1. The third kappa shape index (κ3) is 4.76. The van der Waals surface area contributed by atoms with Crippen LogP contribution in [0.3, 0.4) is 0 Å². The normalized spacial score (nSPS) is 16.5. The molecule has 37 heavy (non-hydrogen) atoms. The van der Waals surface area contributed by atoms with Gasteiger partial charge in [-0.25, -0.2) is 14.6 Å². The molecule has 2 aromatic heterocycles. The van der Waals surface area contributed by atoms with E-state index in [0.29, 0.717) is 11.3 Å². The van der Waals surface area contributed by atoms with E-state index in [4.69, 9.17) is 9.47 Å². The number of carbonyl (C=O) groups is 4. The van der Waals surface area contributed by atoms with Crippen molar-refractivity contribution >= 4 is 45.9 Å². The number of Topliss-reactive ketones (excluding diaryl/α,β-unsaturated/α-hetero) is 1. The number of rotatable bonds is 7. The third-order valence-electron chi connectivity index (χ3n) is 5.55. The van der Waals surface area contributed by atoms with Gasteiger partial charge in [0.25, 0.3) is 5.78 Å². The van der Waals surface area contributed by atoms with Crippen LogP contribution in [0.5, 0.6) is 0 Å². The van der Waals surface area contributed by atoms with E-state index in [9.17, 15) is 24.3 Å². The molecule has 11 heteroatoms. The summed E-state index contributed by atoms with van der Waals surface area (Å²) in [4.78, 5) is 60.5. The summed E-state index contributed by atoms with van der Waals surface area (Å²) in [5.41, 5.74) is 1.10. The van der Waals surface area contributed by atoms with E-state index in [1.54, 1.807) is 19.1 Å². The van der Waals surface area contributed by atoms with E-state index in [1.807, 2.05) is 0 Å². The summed E-state index contributed by atoms with van der Waals surface area (Å²) in [7, 11) is 1.25. The summed E-state index contributed by atoms with van der Waals surface area (Å²) in [5, 5.41) is 11.2. The lowest BCUT2D eigenvalue weighted by molar-refractivity contribution is -0.132. The number of methoxy groups -OCH3 is 1. The molecule has 1 unspecified atom stereocenters. The van der Waals surface area contributed by atoms with Gasteiger partial charge in [0.1, 0.15) is 17.2 Å². The predicted octanol–water partition coefficient (Wildman–Crippen LogP) is 3.60. The van der Waals surface area contributed by atoms with Gasteiger partial charge in [0.2, 0.25) is 0 Å². The van der Waals surface area contributed by atoms with E-state index in [1.165, 1.54) is 49.8 Å². The van der Waals surface area contributed by atoms with Crippen molar-refractivity contribution in [1.29, 1.82) is 0 Å². The third-order valence-corrected chi connectivity index (χ3v) is 6.69. The number of aryl methyl sites for hydroxylation is 1. The highest BCUT2D eigenvalue weighted by Gasteiger charge is 2.48. The number of hydrogen-bond acceptors (Lipinski definition) is 10. The lowest BCUT2D eigenvalue weighted by Gasteiger charge is -2.23. The molecule has 4 rings (SSSR count). The molecule has 1 aliphatic heterocycles. The molecule has 0 spiro atoms. The van der Waals surface area contributed by atoms with Gasteiger partial charge in [0, 0.05) is 18.0 Å². The van der Waals surface area contributed by atoms with Crippen LogP contribution in [0.25, 0.3) is 5.76 Å². The Morgan fingerprint density at radius 3 is 2.41 bits per heavy atom. The minimum Gasteiger partial charge on any atom is -0.507 e. The number of pyridine rings is 1. The first-order valence-corrected chi connectivity index (χ1v) is 11.7. The lowest BCUT2D eigenvalue weighted by Crippen LogP contribution is -2.29. The lowest BCUT2D eigenvalue weighted by atomic mass is 9.95. The first-order valence-electron chi connectivity index (χ1n) is 10.9. The molecule has 3 aromatic rings. The molecule has 1 aliphatic rings. The Bertz CT molecular complexity index is 1430. The number of esters is 2. The number of aliphatic hydroxyl groups is 1. The molecule has 10 nitrogen and oxygen atoms in total. The van der Waals surface area contributed by atoms with Crippen molar-refractivity contribution in [2.75, 3.05) is 18.6 Å². The zero-order chi connectivity index (χ0) is 26.7. The summed E-state index contributed by atoms with van der Waals surface area (Å²) in [6.45, 7) is 5.09. The van der Waals surface area contributed by atoms with E-state index >= 15 is 0 Å². The number of amides is 1. The van der Waals surface area contributed by atoms with Gasteiger partial charge in [0.05, 0.1) is 30.0 Å². The number of benzene rings is 1. The summed E-state index contributed by atoms with van der Waals surface area (Å²) in [5.74, 6) is -3.47. The molecular weight excluding hydrogens is 498 g/mol. The fraction of sp³-hybridized carbons (Fsp3) is 0.154. The fourth-order valence-electron chi connectivity index (χ4n) is 3.80. The maximum absolute atomic E-state index is 13.3. The van der Waals surface area contributed by atoms with Crippen molar-refractivity contribution < 1.29 is 33.8 Å². The predicted molar refractivity (Wildman–Crippen MR) is 134 cm³/mol. The minimum atomic E-state index is -1.09. The van der Waals surface area contributed by atoms with Crippen LogP contribution >= 0.6 is 11.3 Å². The molecular formula is C26H21N3O7S. The molecule has 0 aliphatic carbocycles. The summed E-state index contributed by atoms with van der Waals surface area (Å²) < 4.78 is 9.84. The molecule has 1 atom stereocenters. The van der Waals surface area contributed by atoms with Gasteiger partial charge in [-0.15, -0.1) is 0 Å². The average molecular weight is 520 g/mol. The molecule has 0 bridgehead atoms. The second kappa shape index (κ2) is 10.5. The maximum atomic E-state index is 13.3. The van der Waals surface area contributed by atoms with Gasteiger partial charge < -0.3 is 14.6 Å². The molecule has 0 saturated carbocycles. The van der Waals surface area contributed by atoms with Crippen LogP contribution < -0.4 is 4.90 Å². The van der Waals surface area contributed by atoms with Gasteiger partial charge in [-0.2, -0.15) is 0 Å². The SMILES string of the molecule is C=CCOC(=O)c1sc(N2C(=O)C(=O)/C(=C(/O)c3ccncc3)C2c2ccc(C(=O)OC)cc2)nc1C. The number of nitrogens with zero attached hydrogens (tertiary/aromatic N) is 3. The second-order valence-electron chi connectivity index (χ2n) is 7.82. The Morgan fingerprint density at radius 1 is 1.11 bits per heavy atom. The van der Waals surface area contributed by atoms with Crippen molar-refractivity contribution in [2.45, 2.75) is 13.0 Å².